The number of amides is 1. The van der Waals surface area contributed by atoms with Crippen LogP contribution in [0.1, 0.15) is 40.3 Å². The Kier molecular flexibility index (Phi) is 3.01. The van der Waals surface area contributed by atoms with Gasteiger partial charge in [0.05, 0.1) is 0 Å². The molecule has 0 atom stereocenters. The maximum atomic E-state index is 12.3. The third-order valence-corrected chi connectivity index (χ3v) is 3.58. The zero-order valence-electron chi connectivity index (χ0n) is 11.7. The molecule has 0 bridgehead atoms. The Balaban J connectivity index is 1.98. The van der Waals surface area contributed by atoms with Gasteiger partial charge in [0, 0.05) is 29.8 Å². The van der Waals surface area contributed by atoms with Gasteiger partial charge in [-0.25, -0.2) is 4.79 Å². The van der Waals surface area contributed by atoms with E-state index in [9.17, 15) is 9.59 Å². The maximum absolute atomic E-state index is 12.3. The number of benzene rings is 1. The second-order valence-electron chi connectivity index (χ2n) is 5.28. The van der Waals surface area contributed by atoms with Crippen LogP contribution < -0.4 is 0 Å². The van der Waals surface area contributed by atoms with Crippen molar-refractivity contribution in [2.75, 3.05) is 0 Å². The minimum atomic E-state index is -1.17. The molecule has 1 aromatic heterocycles. The minimum Gasteiger partial charge on any atom is -0.475 e. The van der Waals surface area contributed by atoms with Crippen molar-refractivity contribution in [2.24, 2.45) is 0 Å². The minimum absolute atomic E-state index is 0.0104. The molecule has 6 heteroatoms. The molecule has 0 aliphatic carbocycles. The van der Waals surface area contributed by atoms with Gasteiger partial charge < -0.3 is 14.5 Å². The van der Waals surface area contributed by atoms with E-state index in [1.807, 2.05) is 26.0 Å². The standard InChI is InChI=1S/C15H14N2O4/c1-8(2)17-7-10-4-3-9(5-11(10)14(17)18)12-6-13(15(19)20)21-16-12/h3-6,8H,7H2,1-2H3,(H,19,20). The zero-order valence-corrected chi connectivity index (χ0v) is 11.7. The van der Waals surface area contributed by atoms with Gasteiger partial charge in [0.1, 0.15) is 5.69 Å². The molecule has 1 amide bonds. The topological polar surface area (TPSA) is 83.6 Å². The van der Waals surface area contributed by atoms with Crippen molar-refractivity contribution in [3.8, 4) is 11.3 Å². The van der Waals surface area contributed by atoms with Gasteiger partial charge in [0.2, 0.25) is 5.76 Å². The third-order valence-electron chi connectivity index (χ3n) is 3.58. The molecule has 1 aliphatic heterocycles. The molecular formula is C15H14N2O4. The third kappa shape index (κ3) is 2.18. The van der Waals surface area contributed by atoms with E-state index in [-0.39, 0.29) is 17.7 Å². The molecule has 0 saturated carbocycles. The highest BCUT2D eigenvalue weighted by atomic mass is 16.5. The Hall–Kier alpha value is -2.63. The van der Waals surface area contributed by atoms with Gasteiger partial charge in [-0.1, -0.05) is 17.3 Å². The van der Waals surface area contributed by atoms with Crippen molar-refractivity contribution >= 4 is 11.9 Å². The highest BCUT2D eigenvalue weighted by Crippen LogP contribution is 2.29. The number of rotatable bonds is 3. The fraction of sp³-hybridized carbons (Fsp3) is 0.267. The first kappa shape index (κ1) is 13.4. The number of aromatic carboxylic acids is 1. The predicted octanol–water partition coefficient (Wildman–Crippen LogP) is 2.40. The average Bonchev–Trinajstić information content (AvgIpc) is 3.04. The highest BCUT2D eigenvalue weighted by Gasteiger charge is 2.29. The molecule has 108 valence electrons. The fourth-order valence-corrected chi connectivity index (χ4v) is 2.41. The van der Waals surface area contributed by atoms with E-state index in [0.29, 0.717) is 23.4 Å². The largest absolute Gasteiger partial charge is 0.475 e. The predicted molar refractivity (Wildman–Crippen MR) is 73.9 cm³/mol. The van der Waals surface area contributed by atoms with Gasteiger partial charge in [-0.3, -0.25) is 4.79 Å². The van der Waals surface area contributed by atoms with Gasteiger partial charge in [-0.15, -0.1) is 0 Å². The molecule has 0 saturated heterocycles. The number of hydrogen-bond acceptors (Lipinski definition) is 4. The number of carbonyl (C=O) groups is 2. The Labute approximate surface area is 121 Å². The molecule has 1 aliphatic rings. The van der Waals surface area contributed by atoms with Crippen molar-refractivity contribution in [1.29, 1.82) is 0 Å². The lowest BCUT2D eigenvalue weighted by Crippen LogP contribution is -2.30. The van der Waals surface area contributed by atoms with E-state index in [1.165, 1.54) is 6.07 Å². The summed E-state index contributed by atoms with van der Waals surface area (Å²) in [5.74, 6) is -1.40. The van der Waals surface area contributed by atoms with Crippen LogP contribution in [0.15, 0.2) is 28.8 Å². The summed E-state index contributed by atoms with van der Waals surface area (Å²) in [5, 5.41) is 12.6. The van der Waals surface area contributed by atoms with E-state index in [4.69, 9.17) is 9.63 Å². The van der Waals surface area contributed by atoms with E-state index < -0.39 is 5.97 Å². The Morgan fingerprint density at radius 3 is 2.76 bits per heavy atom. The summed E-state index contributed by atoms with van der Waals surface area (Å²) in [4.78, 5) is 24.9. The molecule has 0 radical (unpaired) electrons. The first-order chi connectivity index (χ1) is 9.97. The number of fused-ring (bicyclic) bond motifs is 1. The van der Waals surface area contributed by atoms with Gasteiger partial charge in [-0.2, -0.15) is 0 Å². The number of aromatic nitrogens is 1. The smallest absolute Gasteiger partial charge is 0.374 e. The molecule has 2 aromatic rings. The maximum Gasteiger partial charge on any atom is 0.374 e. The lowest BCUT2D eigenvalue weighted by atomic mass is 10.0. The molecule has 1 N–H and O–H groups in total. The van der Waals surface area contributed by atoms with E-state index in [2.05, 4.69) is 5.16 Å². The molecule has 0 unspecified atom stereocenters. The lowest BCUT2D eigenvalue weighted by Gasteiger charge is -2.19. The molecule has 0 fully saturated rings. The zero-order chi connectivity index (χ0) is 15.1. The van der Waals surface area contributed by atoms with Gasteiger partial charge in [0.15, 0.2) is 0 Å². The number of carboxylic acid groups (broad SMARTS) is 1. The van der Waals surface area contributed by atoms with Gasteiger partial charge in [-0.05, 0) is 25.5 Å². The summed E-state index contributed by atoms with van der Waals surface area (Å²) in [6, 6.07) is 6.92. The quantitative estimate of drug-likeness (QED) is 0.936. The van der Waals surface area contributed by atoms with Crippen molar-refractivity contribution in [3.63, 3.8) is 0 Å². The van der Waals surface area contributed by atoms with Crippen LogP contribution in [0.3, 0.4) is 0 Å². The van der Waals surface area contributed by atoms with Crippen LogP contribution in [0.2, 0.25) is 0 Å². The molecule has 21 heavy (non-hydrogen) atoms. The summed E-state index contributed by atoms with van der Waals surface area (Å²) in [5.41, 5.74) is 2.69. The Bertz CT molecular complexity index is 733. The molecular weight excluding hydrogens is 272 g/mol. The van der Waals surface area contributed by atoms with Gasteiger partial charge >= 0.3 is 5.97 Å². The molecule has 1 aromatic carbocycles. The summed E-state index contributed by atoms with van der Waals surface area (Å²) in [6.07, 6.45) is 0. The first-order valence-electron chi connectivity index (χ1n) is 6.61. The summed E-state index contributed by atoms with van der Waals surface area (Å²) >= 11 is 0. The van der Waals surface area contributed by atoms with Crippen LogP contribution >= 0.6 is 0 Å². The molecule has 6 nitrogen and oxygen atoms in total. The van der Waals surface area contributed by atoms with Gasteiger partial charge in [0.25, 0.3) is 5.91 Å². The lowest BCUT2D eigenvalue weighted by molar-refractivity contribution is 0.0651. The molecule has 3 rings (SSSR count). The van der Waals surface area contributed by atoms with Crippen LogP contribution in [-0.4, -0.2) is 33.1 Å². The van der Waals surface area contributed by atoms with Crippen LogP contribution in [0, 0.1) is 0 Å². The summed E-state index contributed by atoms with van der Waals surface area (Å²) < 4.78 is 4.74. The van der Waals surface area contributed by atoms with Crippen LogP contribution in [-0.2, 0) is 6.54 Å². The number of carbonyl (C=O) groups excluding carboxylic acids is 1. The average molecular weight is 286 g/mol. The van der Waals surface area contributed by atoms with Crippen LogP contribution in [0.25, 0.3) is 11.3 Å². The highest BCUT2D eigenvalue weighted by molar-refractivity contribution is 5.99. The van der Waals surface area contributed by atoms with E-state index in [0.717, 1.165) is 5.56 Å². The SMILES string of the molecule is CC(C)N1Cc2ccc(-c3cc(C(=O)O)on3)cc2C1=O. The normalized spacial score (nSPS) is 13.9. The Morgan fingerprint density at radius 2 is 2.14 bits per heavy atom. The van der Waals surface area contributed by atoms with Crippen LogP contribution in [0.4, 0.5) is 0 Å². The number of hydrogen-bond donors (Lipinski definition) is 1. The van der Waals surface area contributed by atoms with Crippen LogP contribution in [0.5, 0.6) is 0 Å². The molecule has 2 heterocycles. The second-order valence-corrected chi connectivity index (χ2v) is 5.28. The van der Waals surface area contributed by atoms with Crippen molar-refractivity contribution in [1.82, 2.24) is 10.1 Å². The monoisotopic (exact) mass is 286 g/mol. The van der Waals surface area contributed by atoms with Crippen molar-refractivity contribution < 1.29 is 19.2 Å². The number of nitrogens with zero attached hydrogens (tertiary/aromatic N) is 2. The first-order valence-corrected chi connectivity index (χ1v) is 6.61. The summed E-state index contributed by atoms with van der Waals surface area (Å²) in [6.45, 7) is 4.55. The van der Waals surface area contributed by atoms with E-state index >= 15 is 0 Å². The summed E-state index contributed by atoms with van der Waals surface area (Å²) in [7, 11) is 0. The molecule has 0 spiro atoms. The Morgan fingerprint density at radius 1 is 1.38 bits per heavy atom. The van der Waals surface area contributed by atoms with E-state index in [1.54, 1.807) is 11.0 Å². The number of carboxylic acids is 1. The second kappa shape index (κ2) is 4.73. The fourth-order valence-electron chi connectivity index (χ4n) is 2.41. The van der Waals surface area contributed by atoms with Crippen molar-refractivity contribution in [2.45, 2.75) is 26.4 Å². The van der Waals surface area contributed by atoms with Crippen molar-refractivity contribution in [3.05, 3.63) is 41.2 Å².